The number of hydrogen-bond acceptors (Lipinski definition) is 8. The van der Waals surface area contributed by atoms with E-state index in [9.17, 15) is 4.79 Å². The molecule has 2 aliphatic rings. The van der Waals surface area contributed by atoms with E-state index in [-0.39, 0.29) is 12.1 Å². The van der Waals surface area contributed by atoms with Gasteiger partial charge in [0.2, 0.25) is 0 Å². The van der Waals surface area contributed by atoms with E-state index in [1.54, 1.807) is 24.2 Å². The maximum Gasteiger partial charge on any atom is 0.410 e. The molecule has 0 N–H and O–H groups in total. The third-order valence-corrected chi connectivity index (χ3v) is 7.43. The Morgan fingerprint density at radius 3 is 2.67 bits per heavy atom. The molecule has 0 unspecified atom stereocenters. The predicted molar refractivity (Wildman–Crippen MR) is 149 cm³/mol. The van der Waals surface area contributed by atoms with Crippen molar-refractivity contribution in [3.05, 3.63) is 48.7 Å². The number of rotatable bonds is 8. The molecule has 1 saturated carbocycles. The lowest BCUT2D eigenvalue weighted by Gasteiger charge is -2.43. The summed E-state index contributed by atoms with van der Waals surface area (Å²) < 4.78 is 12.8. The minimum absolute atomic E-state index is 0.133. The number of nitrogens with zero attached hydrogens (tertiary/aromatic N) is 7. The zero-order valence-corrected chi connectivity index (χ0v) is 23.4. The Morgan fingerprint density at radius 1 is 1.13 bits per heavy atom. The van der Waals surface area contributed by atoms with Gasteiger partial charge in [-0.15, -0.1) is 5.10 Å². The molecule has 10 heteroatoms. The molecule has 3 aromatic heterocycles. The van der Waals surface area contributed by atoms with E-state index in [0.717, 1.165) is 55.1 Å². The lowest BCUT2D eigenvalue weighted by atomic mass is 9.84. The van der Waals surface area contributed by atoms with Crippen molar-refractivity contribution in [2.24, 2.45) is 5.92 Å². The summed E-state index contributed by atoms with van der Waals surface area (Å²) in [6.45, 7) is 8.84. The summed E-state index contributed by atoms with van der Waals surface area (Å²) in [6.07, 6.45) is 12.7. The first-order chi connectivity index (χ1) is 18.8. The summed E-state index contributed by atoms with van der Waals surface area (Å²) in [4.78, 5) is 26.4. The van der Waals surface area contributed by atoms with Crippen molar-refractivity contribution < 1.29 is 14.3 Å². The Hall–Kier alpha value is -3.69. The van der Waals surface area contributed by atoms with Crippen LogP contribution in [0.2, 0.25) is 0 Å². The topological polar surface area (TPSA) is 98.5 Å². The van der Waals surface area contributed by atoms with Crippen LogP contribution in [0, 0.1) is 5.92 Å². The molecule has 3 aromatic rings. The minimum Gasteiger partial charge on any atom is -0.495 e. The van der Waals surface area contributed by atoms with Crippen LogP contribution in [0.3, 0.4) is 0 Å². The Balaban J connectivity index is 1.23. The van der Waals surface area contributed by atoms with Gasteiger partial charge in [0.05, 0.1) is 49.7 Å². The van der Waals surface area contributed by atoms with Gasteiger partial charge in [0.1, 0.15) is 17.0 Å². The zero-order chi connectivity index (χ0) is 27.4. The van der Waals surface area contributed by atoms with Crippen molar-refractivity contribution in [1.82, 2.24) is 29.9 Å². The number of carbonyl (C=O) groups excluding carboxylic acids is 1. The van der Waals surface area contributed by atoms with E-state index in [4.69, 9.17) is 14.5 Å². The first-order valence-corrected chi connectivity index (χ1v) is 13.9. The van der Waals surface area contributed by atoms with Gasteiger partial charge >= 0.3 is 6.09 Å². The summed E-state index contributed by atoms with van der Waals surface area (Å²) in [5.41, 5.74) is 3.04. The van der Waals surface area contributed by atoms with Crippen LogP contribution in [0.15, 0.2) is 43.0 Å². The Bertz CT molecular complexity index is 1250. The standard InChI is InChI=1S/C29H39N7O3/c1-29(2,3)39-28(37)36(17-21-7-5-8-21)25-9-6-12-34(19-25)24-11-10-23(31-15-24)18-35-20-27(32-33-35)22-13-26(38-4)16-30-14-22/h10-11,13-16,20-21,25H,5-9,12,17-19H2,1-4H3/t25-/m1/s1. The average molecular weight is 534 g/mol. The molecule has 0 bridgehead atoms. The van der Waals surface area contributed by atoms with Crippen LogP contribution in [0.1, 0.15) is 58.6 Å². The van der Waals surface area contributed by atoms with Gasteiger partial charge in [-0.25, -0.2) is 9.48 Å². The molecule has 1 amide bonds. The molecule has 1 aliphatic heterocycles. The molecule has 1 saturated heterocycles. The van der Waals surface area contributed by atoms with Gasteiger partial charge < -0.3 is 19.3 Å². The van der Waals surface area contributed by atoms with Crippen LogP contribution in [-0.4, -0.2) is 74.3 Å². The van der Waals surface area contributed by atoms with Gasteiger partial charge in [0.15, 0.2) is 0 Å². The number of amides is 1. The van der Waals surface area contributed by atoms with Crippen molar-refractivity contribution >= 4 is 11.8 Å². The fourth-order valence-corrected chi connectivity index (χ4v) is 5.13. The van der Waals surface area contributed by atoms with Crippen molar-refractivity contribution in [2.75, 3.05) is 31.6 Å². The molecule has 208 valence electrons. The molecular weight excluding hydrogens is 494 g/mol. The van der Waals surface area contributed by atoms with Gasteiger partial charge in [-0.2, -0.15) is 0 Å². The van der Waals surface area contributed by atoms with E-state index in [2.05, 4.69) is 26.3 Å². The van der Waals surface area contributed by atoms with Gasteiger partial charge in [-0.1, -0.05) is 11.6 Å². The highest BCUT2D eigenvalue weighted by molar-refractivity contribution is 5.69. The van der Waals surface area contributed by atoms with E-state index in [0.29, 0.717) is 18.2 Å². The molecule has 2 fully saturated rings. The molecular formula is C29H39N7O3. The number of aromatic nitrogens is 5. The first kappa shape index (κ1) is 26.9. The van der Waals surface area contributed by atoms with Crippen molar-refractivity contribution in [3.63, 3.8) is 0 Å². The highest BCUT2D eigenvalue weighted by Crippen LogP contribution is 2.31. The molecule has 10 nitrogen and oxygen atoms in total. The fraction of sp³-hybridized carbons (Fsp3) is 0.552. The SMILES string of the molecule is COc1cncc(-c2cn(Cc3ccc(N4CCC[C@@H](N(CC5CCC5)C(=O)OC(C)(C)C)C4)cn3)nn2)c1. The summed E-state index contributed by atoms with van der Waals surface area (Å²) in [7, 11) is 1.61. The summed E-state index contributed by atoms with van der Waals surface area (Å²) in [5.74, 6) is 1.27. The number of ether oxygens (including phenoxy) is 2. The van der Waals surface area contributed by atoms with Gasteiger partial charge in [0.25, 0.3) is 0 Å². The molecule has 1 atom stereocenters. The molecule has 0 radical (unpaired) electrons. The summed E-state index contributed by atoms with van der Waals surface area (Å²) in [5, 5.41) is 8.54. The van der Waals surface area contributed by atoms with Crippen LogP contribution < -0.4 is 9.64 Å². The van der Waals surface area contributed by atoms with Crippen molar-refractivity contribution in [1.29, 1.82) is 0 Å². The Morgan fingerprint density at radius 2 is 1.97 bits per heavy atom. The number of hydrogen-bond donors (Lipinski definition) is 0. The second-order valence-electron chi connectivity index (χ2n) is 11.6. The number of anilines is 1. The van der Waals surface area contributed by atoms with E-state index in [1.165, 1.54) is 19.3 Å². The summed E-state index contributed by atoms with van der Waals surface area (Å²) in [6, 6.07) is 6.16. The lowest BCUT2D eigenvalue weighted by molar-refractivity contribution is 0.00736. The van der Waals surface area contributed by atoms with E-state index in [1.807, 2.05) is 50.2 Å². The molecule has 0 aromatic carbocycles. The second-order valence-corrected chi connectivity index (χ2v) is 11.6. The van der Waals surface area contributed by atoms with Crippen LogP contribution in [0.5, 0.6) is 5.75 Å². The monoisotopic (exact) mass is 533 g/mol. The molecule has 1 aliphatic carbocycles. The minimum atomic E-state index is -0.501. The summed E-state index contributed by atoms with van der Waals surface area (Å²) >= 11 is 0. The molecule has 4 heterocycles. The van der Waals surface area contributed by atoms with E-state index < -0.39 is 5.60 Å². The third kappa shape index (κ3) is 6.85. The molecule has 39 heavy (non-hydrogen) atoms. The third-order valence-electron chi connectivity index (χ3n) is 7.43. The number of methoxy groups -OCH3 is 1. The van der Waals surface area contributed by atoms with Crippen LogP contribution in [0.25, 0.3) is 11.3 Å². The van der Waals surface area contributed by atoms with Crippen LogP contribution in [-0.2, 0) is 11.3 Å². The fourth-order valence-electron chi connectivity index (χ4n) is 5.13. The highest BCUT2D eigenvalue weighted by Gasteiger charge is 2.34. The van der Waals surface area contributed by atoms with Crippen molar-refractivity contribution in [2.45, 2.75) is 71.1 Å². The van der Waals surface area contributed by atoms with Crippen LogP contribution >= 0.6 is 0 Å². The van der Waals surface area contributed by atoms with E-state index >= 15 is 0 Å². The zero-order valence-electron chi connectivity index (χ0n) is 23.4. The Kier molecular flexibility index (Phi) is 7.99. The maximum absolute atomic E-state index is 13.2. The highest BCUT2D eigenvalue weighted by atomic mass is 16.6. The number of carbonyl (C=O) groups is 1. The van der Waals surface area contributed by atoms with Gasteiger partial charge in [0, 0.05) is 31.4 Å². The molecule has 5 rings (SSSR count). The largest absolute Gasteiger partial charge is 0.495 e. The van der Waals surface area contributed by atoms with Gasteiger partial charge in [-0.3, -0.25) is 9.97 Å². The molecule has 0 spiro atoms. The smallest absolute Gasteiger partial charge is 0.410 e. The van der Waals surface area contributed by atoms with Gasteiger partial charge in [-0.05, 0) is 70.6 Å². The van der Waals surface area contributed by atoms with Crippen LogP contribution in [0.4, 0.5) is 10.5 Å². The predicted octanol–water partition coefficient (Wildman–Crippen LogP) is 4.80. The van der Waals surface area contributed by atoms with Crippen molar-refractivity contribution in [3.8, 4) is 17.0 Å². The maximum atomic E-state index is 13.2. The second kappa shape index (κ2) is 11.6. The first-order valence-electron chi connectivity index (χ1n) is 13.9. The average Bonchev–Trinajstić information content (AvgIpc) is 3.36. The quantitative estimate of drug-likeness (QED) is 0.407. The Labute approximate surface area is 230 Å². The number of pyridine rings is 2. The normalized spacial score (nSPS) is 17.9. The lowest BCUT2D eigenvalue weighted by Crippen LogP contribution is -2.53. The number of piperidine rings is 1.